The van der Waals surface area contributed by atoms with Gasteiger partial charge in [-0.15, -0.1) is 0 Å². The fourth-order valence-electron chi connectivity index (χ4n) is 2.47. The maximum absolute atomic E-state index is 12.1. The molecule has 0 heterocycles. The van der Waals surface area contributed by atoms with Gasteiger partial charge in [-0.1, -0.05) is 13.2 Å². The molecule has 182 valence electrons. The number of hydrogen-bond acceptors (Lipinski definition) is 10. The molecule has 1 N–H and O–H groups in total. The Morgan fingerprint density at radius 3 is 1.97 bits per heavy atom. The van der Waals surface area contributed by atoms with Crippen LogP contribution in [0, 0.1) is 5.92 Å². The lowest BCUT2D eigenvalue weighted by atomic mass is 9.97. The molecule has 0 aliphatic carbocycles. The predicted octanol–water partition coefficient (Wildman–Crippen LogP) is 2.17. The number of aliphatic imine (C=N–C) groups is 2. The molecular weight excluding hydrogens is 434 g/mol. The molecule has 1 amide bonds. The van der Waals surface area contributed by atoms with Crippen LogP contribution < -0.4 is 5.32 Å². The molecule has 11 heteroatoms. The summed E-state index contributed by atoms with van der Waals surface area (Å²) >= 11 is 0. The van der Waals surface area contributed by atoms with Gasteiger partial charge in [0.2, 0.25) is 12.2 Å². The number of isocyanates is 2. The van der Waals surface area contributed by atoms with Gasteiger partial charge in [0.05, 0.1) is 13.1 Å². The van der Waals surface area contributed by atoms with Crippen molar-refractivity contribution in [2.45, 2.75) is 45.6 Å². The number of nitrogens with one attached hydrogen (secondary N) is 1. The molecule has 0 aromatic heterocycles. The van der Waals surface area contributed by atoms with E-state index in [4.69, 9.17) is 14.2 Å². The van der Waals surface area contributed by atoms with Crippen LogP contribution in [0.15, 0.2) is 34.3 Å². The summed E-state index contributed by atoms with van der Waals surface area (Å²) in [6, 6.07) is 0. The molecular formula is C22H31N3O8. The van der Waals surface area contributed by atoms with E-state index < -0.39 is 24.1 Å². The molecule has 0 rings (SSSR count). The van der Waals surface area contributed by atoms with Gasteiger partial charge in [0, 0.05) is 17.7 Å². The van der Waals surface area contributed by atoms with Crippen LogP contribution in [0.2, 0.25) is 0 Å². The second kappa shape index (κ2) is 18.1. The Morgan fingerprint density at radius 2 is 1.45 bits per heavy atom. The van der Waals surface area contributed by atoms with E-state index in [1.54, 1.807) is 0 Å². The Hall–Kier alpha value is -3.55. The minimum Gasteiger partial charge on any atom is -0.458 e. The zero-order valence-corrected chi connectivity index (χ0v) is 19.1. The minimum atomic E-state index is -1.02. The SMILES string of the molecule is C=C(C)C(=O)OCC(COC(=O)C(=C)C)OC(=O)NCCCC(CCCN=C=O)CN=C=O. The van der Waals surface area contributed by atoms with Crippen molar-refractivity contribution >= 4 is 30.2 Å². The monoisotopic (exact) mass is 465 g/mol. The zero-order chi connectivity index (χ0) is 25.1. The van der Waals surface area contributed by atoms with Crippen LogP contribution in [0.25, 0.3) is 0 Å². The van der Waals surface area contributed by atoms with Gasteiger partial charge in [-0.05, 0) is 45.4 Å². The molecule has 0 aromatic carbocycles. The number of hydrogen-bond donors (Lipinski definition) is 1. The van der Waals surface area contributed by atoms with Gasteiger partial charge in [0.1, 0.15) is 13.2 Å². The summed E-state index contributed by atoms with van der Waals surface area (Å²) in [7, 11) is 0. The third-order valence-electron chi connectivity index (χ3n) is 4.19. The van der Waals surface area contributed by atoms with Crippen LogP contribution in [0.3, 0.4) is 0 Å². The van der Waals surface area contributed by atoms with E-state index in [9.17, 15) is 24.0 Å². The van der Waals surface area contributed by atoms with E-state index in [2.05, 4.69) is 28.5 Å². The third-order valence-corrected chi connectivity index (χ3v) is 4.19. The topological polar surface area (TPSA) is 150 Å². The lowest BCUT2D eigenvalue weighted by molar-refractivity contribution is -0.147. The maximum atomic E-state index is 12.1. The van der Waals surface area contributed by atoms with Crippen LogP contribution in [0.4, 0.5) is 4.79 Å². The summed E-state index contributed by atoms with van der Waals surface area (Å²) in [5, 5.41) is 2.57. The number of carbonyl (C=O) groups excluding carboxylic acids is 5. The molecule has 0 radical (unpaired) electrons. The number of alkyl carbamates (subject to hydrolysis) is 1. The molecule has 1 unspecified atom stereocenters. The lowest BCUT2D eigenvalue weighted by Gasteiger charge is -2.19. The van der Waals surface area contributed by atoms with Crippen molar-refractivity contribution in [3.8, 4) is 0 Å². The van der Waals surface area contributed by atoms with Gasteiger partial charge in [-0.2, -0.15) is 0 Å². The number of nitrogens with zero attached hydrogens (tertiary/aromatic N) is 2. The fourth-order valence-corrected chi connectivity index (χ4v) is 2.47. The highest BCUT2D eigenvalue weighted by Crippen LogP contribution is 2.14. The van der Waals surface area contributed by atoms with Crippen molar-refractivity contribution in [3.63, 3.8) is 0 Å². The summed E-state index contributed by atoms with van der Waals surface area (Å²) in [5.41, 5.74) is 0.340. The van der Waals surface area contributed by atoms with Gasteiger partial charge < -0.3 is 19.5 Å². The second-order valence-electron chi connectivity index (χ2n) is 7.27. The molecule has 0 fully saturated rings. The van der Waals surface area contributed by atoms with Crippen molar-refractivity contribution in [2.75, 3.05) is 32.8 Å². The Bertz CT molecular complexity index is 753. The van der Waals surface area contributed by atoms with Crippen LogP contribution in [-0.2, 0) is 33.4 Å². The first-order valence-corrected chi connectivity index (χ1v) is 10.4. The normalized spacial score (nSPS) is 10.8. The molecule has 1 atom stereocenters. The van der Waals surface area contributed by atoms with E-state index in [0.29, 0.717) is 38.8 Å². The molecule has 0 aliphatic heterocycles. The van der Waals surface area contributed by atoms with Crippen molar-refractivity contribution in [1.29, 1.82) is 0 Å². The van der Waals surface area contributed by atoms with E-state index in [1.807, 2.05) is 0 Å². The highest BCUT2D eigenvalue weighted by atomic mass is 16.6. The van der Waals surface area contributed by atoms with Crippen LogP contribution in [-0.4, -0.2) is 69.1 Å². The van der Waals surface area contributed by atoms with Crippen molar-refractivity contribution in [1.82, 2.24) is 5.32 Å². The summed E-state index contributed by atoms with van der Waals surface area (Å²) in [6.07, 6.45) is 3.75. The third kappa shape index (κ3) is 15.8. The first-order chi connectivity index (χ1) is 15.7. The van der Waals surface area contributed by atoms with Gasteiger partial charge in [-0.25, -0.2) is 34.0 Å². The van der Waals surface area contributed by atoms with Crippen molar-refractivity contribution in [3.05, 3.63) is 24.3 Å². The second-order valence-corrected chi connectivity index (χ2v) is 7.27. The summed E-state index contributed by atoms with van der Waals surface area (Å²) < 4.78 is 15.1. The standard InChI is InChI=1S/C22H31N3O8/c1-16(2)20(28)31-12-19(13-32-21(29)17(3)4)33-22(30)25-10-6-8-18(11-24-15-27)7-5-9-23-14-26/h18-19H,1,3,5-13H2,2,4H3,(H,25,30). The lowest BCUT2D eigenvalue weighted by Crippen LogP contribution is -2.36. The Kier molecular flexibility index (Phi) is 16.1. The summed E-state index contributed by atoms with van der Waals surface area (Å²) in [6.45, 7) is 10.1. The predicted molar refractivity (Wildman–Crippen MR) is 118 cm³/mol. The molecule has 0 bridgehead atoms. The molecule has 11 nitrogen and oxygen atoms in total. The molecule has 0 aromatic rings. The average Bonchev–Trinajstić information content (AvgIpc) is 2.78. The van der Waals surface area contributed by atoms with Crippen LogP contribution >= 0.6 is 0 Å². The summed E-state index contributed by atoms with van der Waals surface area (Å²) in [4.78, 5) is 62.8. The number of esters is 2. The number of carbonyl (C=O) groups is 3. The van der Waals surface area contributed by atoms with Crippen molar-refractivity contribution in [2.24, 2.45) is 15.9 Å². The number of amides is 1. The summed E-state index contributed by atoms with van der Waals surface area (Å²) in [5.74, 6) is -1.27. The van der Waals surface area contributed by atoms with Gasteiger partial charge in [0.25, 0.3) is 0 Å². The number of ether oxygens (including phenoxy) is 3. The quantitative estimate of drug-likeness (QED) is 0.0857. The van der Waals surface area contributed by atoms with Crippen LogP contribution in [0.1, 0.15) is 39.5 Å². The Labute approximate surface area is 193 Å². The first kappa shape index (κ1) is 29.5. The molecule has 0 spiro atoms. The van der Waals surface area contributed by atoms with E-state index in [1.165, 1.54) is 26.0 Å². The smallest absolute Gasteiger partial charge is 0.407 e. The maximum Gasteiger partial charge on any atom is 0.407 e. The van der Waals surface area contributed by atoms with Gasteiger partial charge in [-0.3, -0.25) is 0 Å². The zero-order valence-electron chi connectivity index (χ0n) is 19.1. The molecule has 0 saturated heterocycles. The van der Waals surface area contributed by atoms with Crippen molar-refractivity contribution < 1.29 is 38.2 Å². The van der Waals surface area contributed by atoms with E-state index in [-0.39, 0.29) is 36.8 Å². The molecule has 33 heavy (non-hydrogen) atoms. The largest absolute Gasteiger partial charge is 0.458 e. The van der Waals surface area contributed by atoms with Crippen LogP contribution in [0.5, 0.6) is 0 Å². The fraction of sp³-hybridized carbons (Fsp3) is 0.591. The van der Waals surface area contributed by atoms with Gasteiger partial charge in [0.15, 0.2) is 6.10 Å². The van der Waals surface area contributed by atoms with E-state index in [0.717, 1.165) is 0 Å². The molecule has 0 saturated carbocycles. The first-order valence-electron chi connectivity index (χ1n) is 10.4. The molecule has 0 aliphatic rings. The Balaban J connectivity index is 4.58. The van der Waals surface area contributed by atoms with E-state index >= 15 is 0 Å². The highest BCUT2D eigenvalue weighted by Gasteiger charge is 2.20. The Morgan fingerprint density at radius 1 is 0.909 bits per heavy atom. The average molecular weight is 466 g/mol. The highest BCUT2D eigenvalue weighted by molar-refractivity contribution is 5.87. The van der Waals surface area contributed by atoms with Gasteiger partial charge >= 0.3 is 18.0 Å². The number of rotatable bonds is 17. The minimum absolute atomic E-state index is 0.0713.